The zero-order valence-corrected chi connectivity index (χ0v) is 17.4. The van der Waals surface area contributed by atoms with Crippen LogP contribution in [0.15, 0.2) is 54.6 Å². The predicted octanol–water partition coefficient (Wildman–Crippen LogP) is 3.06. The summed E-state index contributed by atoms with van der Waals surface area (Å²) in [6, 6.07) is 16.5. The molecule has 29 heavy (non-hydrogen) atoms. The first-order chi connectivity index (χ1) is 14.1. The lowest BCUT2D eigenvalue weighted by Gasteiger charge is -2.30. The number of nitrogens with zero attached hydrogens (tertiary/aromatic N) is 1. The van der Waals surface area contributed by atoms with Gasteiger partial charge < -0.3 is 19.7 Å². The fraction of sp³-hybridized carbons (Fsp3) is 0.391. The monoisotopic (exact) mass is 398 g/mol. The van der Waals surface area contributed by atoms with Crippen molar-refractivity contribution in [2.24, 2.45) is 0 Å². The number of hydrogen-bond acceptors (Lipinski definition) is 4. The smallest absolute Gasteiger partial charge is 0.261 e. The predicted molar refractivity (Wildman–Crippen MR) is 113 cm³/mol. The van der Waals surface area contributed by atoms with Crippen LogP contribution < -0.4 is 14.8 Å². The minimum atomic E-state index is -0.523. The van der Waals surface area contributed by atoms with Crippen molar-refractivity contribution in [1.29, 1.82) is 0 Å². The van der Waals surface area contributed by atoms with Gasteiger partial charge in [0.15, 0.2) is 6.61 Å². The molecule has 0 aromatic heterocycles. The Morgan fingerprint density at radius 3 is 2.24 bits per heavy atom. The van der Waals surface area contributed by atoms with E-state index in [2.05, 4.69) is 5.32 Å². The fourth-order valence-electron chi connectivity index (χ4n) is 3.09. The Kier molecular flexibility index (Phi) is 9.02. The summed E-state index contributed by atoms with van der Waals surface area (Å²) >= 11 is 0. The highest BCUT2D eigenvalue weighted by Crippen LogP contribution is 2.17. The van der Waals surface area contributed by atoms with E-state index in [1.807, 2.05) is 44.2 Å². The van der Waals surface area contributed by atoms with E-state index in [0.717, 1.165) is 11.3 Å². The first-order valence-electron chi connectivity index (χ1n) is 9.97. The first-order valence-corrected chi connectivity index (χ1v) is 9.97. The summed E-state index contributed by atoms with van der Waals surface area (Å²) < 4.78 is 10.8. The second-order valence-electron chi connectivity index (χ2n) is 6.61. The van der Waals surface area contributed by atoms with Crippen molar-refractivity contribution in [2.75, 3.05) is 26.8 Å². The molecule has 0 radical (unpaired) electrons. The van der Waals surface area contributed by atoms with E-state index in [4.69, 9.17) is 9.47 Å². The van der Waals surface area contributed by atoms with Gasteiger partial charge in [0, 0.05) is 13.1 Å². The van der Waals surface area contributed by atoms with Crippen molar-refractivity contribution < 1.29 is 19.1 Å². The van der Waals surface area contributed by atoms with Crippen LogP contribution in [0.4, 0.5) is 0 Å². The van der Waals surface area contributed by atoms with Gasteiger partial charge in [0.1, 0.15) is 17.5 Å². The van der Waals surface area contributed by atoms with Gasteiger partial charge in [0.05, 0.1) is 7.11 Å². The van der Waals surface area contributed by atoms with E-state index in [0.29, 0.717) is 31.7 Å². The molecule has 0 unspecified atom stereocenters. The van der Waals surface area contributed by atoms with Gasteiger partial charge in [-0.25, -0.2) is 0 Å². The fourth-order valence-corrected chi connectivity index (χ4v) is 3.09. The van der Waals surface area contributed by atoms with E-state index in [-0.39, 0.29) is 18.4 Å². The molecule has 2 aromatic rings. The molecule has 0 aliphatic carbocycles. The van der Waals surface area contributed by atoms with Crippen LogP contribution in [0.1, 0.15) is 25.8 Å². The number of benzene rings is 2. The molecule has 0 spiro atoms. The minimum Gasteiger partial charge on any atom is -0.497 e. The molecule has 0 heterocycles. The van der Waals surface area contributed by atoms with Crippen LogP contribution in [0.2, 0.25) is 0 Å². The number of amides is 2. The van der Waals surface area contributed by atoms with Gasteiger partial charge in [-0.15, -0.1) is 0 Å². The molecule has 1 atom stereocenters. The largest absolute Gasteiger partial charge is 0.497 e. The highest BCUT2D eigenvalue weighted by Gasteiger charge is 2.28. The van der Waals surface area contributed by atoms with Gasteiger partial charge in [0.2, 0.25) is 5.91 Å². The molecular formula is C23H30N2O4. The Hall–Kier alpha value is -3.02. The number of carbonyl (C=O) groups is 2. The number of methoxy groups -OCH3 is 1. The summed E-state index contributed by atoms with van der Waals surface area (Å²) in [6.45, 7) is 4.63. The van der Waals surface area contributed by atoms with Crippen LogP contribution in [0.3, 0.4) is 0 Å². The number of likely N-dealkylation sites (N-methyl/N-ethyl adjacent to an activating group) is 1. The second-order valence-corrected chi connectivity index (χ2v) is 6.61. The molecular weight excluding hydrogens is 368 g/mol. The molecule has 1 N–H and O–H groups in total. The number of ether oxygens (including phenoxy) is 2. The molecule has 0 aliphatic heterocycles. The second kappa shape index (κ2) is 11.7. The summed E-state index contributed by atoms with van der Waals surface area (Å²) in [5.41, 5.74) is 1.12. The Morgan fingerprint density at radius 2 is 1.66 bits per heavy atom. The van der Waals surface area contributed by atoms with Crippen LogP contribution in [0.25, 0.3) is 0 Å². The number of rotatable bonds is 11. The van der Waals surface area contributed by atoms with E-state index in [1.165, 1.54) is 0 Å². The van der Waals surface area contributed by atoms with Crippen molar-refractivity contribution in [1.82, 2.24) is 10.2 Å². The molecule has 2 rings (SSSR count). The summed E-state index contributed by atoms with van der Waals surface area (Å²) in [6.07, 6.45) is 1.21. The van der Waals surface area contributed by atoms with Crippen LogP contribution in [0.5, 0.6) is 11.5 Å². The molecule has 2 aromatic carbocycles. The lowest BCUT2D eigenvalue weighted by atomic mass is 10.1. The van der Waals surface area contributed by atoms with Crippen molar-refractivity contribution in [2.45, 2.75) is 32.7 Å². The summed E-state index contributed by atoms with van der Waals surface area (Å²) in [5.74, 6) is 0.944. The maximum absolute atomic E-state index is 13.0. The lowest BCUT2D eigenvalue weighted by Crippen LogP contribution is -2.51. The maximum atomic E-state index is 13.0. The molecule has 6 heteroatoms. The zero-order valence-electron chi connectivity index (χ0n) is 17.4. The average Bonchev–Trinajstić information content (AvgIpc) is 2.76. The molecule has 0 aliphatic rings. The summed E-state index contributed by atoms with van der Waals surface area (Å²) in [7, 11) is 1.59. The van der Waals surface area contributed by atoms with E-state index in [9.17, 15) is 9.59 Å². The minimum absolute atomic E-state index is 0.128. The van der Waals surface area contributed by atoms with Crippen molar-refractivity contribution >= 4 is 11.8 Å². The van der Waals surface area contributed by atoms with Crippen molar-refractivity contribution in [3.63, 3.8) is 0 Å². The standard InChI is InChI=1S/C23H30N2O4/c1-4-21(23(27)24-5-2)25(16-15-18-9-7-6-8-10-18)22(26)17-29-20-13-11-19(28-3)12-14-20/h6-14,21H,4-5,15-17H2,1-3H3,(H,24,27)/t21-/m1/s1. The molecule has 0 saturated heterocycles. The van der Waals surface area contributed by atoms with Gasteiger partial charge >= 0.3 is 0 Å². The Bertz CT molecular complexity index is 762. The van der Waals surface area contributed by atoms with Crippen LogP contribution >= 0.6 is 0 Å². The van der Waals surface area contributed by atoms with Gasteiger partial charge in [-0.1, -0.05) is 37.3 Å². The first kappa shape index (κ1) is 22.3. The quantitative estimate of drug-likeness (QED) is 0.632. The third kappa shape index (κ3) is 6.82. The zero-order chi connectivity index (χ0) is 21.1. The lowest BCUT2D eigenvalue weighted by molar-refractivity contribution is -0.142. The maximum Gasteiger partial charge on any atom is 0.261 e. The van der Waals surface area contributed by atoms with Crippen LogP contribution in [-0.4, -0.2) is 49.6 Å². The third-order valence-electron chi connectivity index (χ3n) is 4.64. The van der Waals surface area contributed by atoms with Crippen LogP contribution in [0, 0.1) is 0 Å². The highest BCUT2D eigenvalue weighted by atomic mass is 16.5. The highest BCUT2D eigenvalue weighted by molar-refractivity contribution is 5.88. The number of nitrogens with one attached hydrogen (secondary N) is 1. The topological polar surface area (TPSA) is 67.9 Å². The Balaban J connectivity index is 2.08. The molecule has 156 valence electrons. The Morgan fingerprint density at radius 1 is 1.00 bits per heavy atom. The van der Waals surface area contributed by atoms with Gasteiger partial charge in [-0.3, -0.25) is 9.59 Å². The normalized spacial score (nSPS) is 11.4. The van der Waals surface area contributed by atoms with Gasteiger partial charge in [-0.2, -0.15) is 0 Å². The summed E-state index contributed by atoms with van der Waals surface area (Å²) in [5, 5.41) is 2.83. The SMILES string of the molecule is CCNC(=O)[C@@H](CC)N(CCc1ccccc1)C(=O)COc1ccc(OC)cc1. The average molecular weight is 399 g/mol. The van der Waals surface area contributed by atoms with Crippen molar-refractivity contribution in [3.05, 3.63) is 60.2 Å². The molecule has 2 amide bonds. The van der Waals surface area contributed by atoms with Crippen LogP contribution in [-0.2, 0) is 16.0 Å². The number of carbonyl (C=O) groups excluding carboxylic acids is 2. The van der Waals surface area contributed by atoms with E-state index >= 15 is 0 Å². The molecule has 0 bridgehead atoms. The van der Waals surface area contributed by atoms with E-state index < -0.39 is 6.04 Å². The third-order valence-corrected chi connectivity index (χ3v) is 4.64. The number of hydrogen-bond donors (Lipinski definition) is 1. The van der Waals surface area contributed by atoms with Gasteiger partial charge in [0.25, 0.3) is 5.91 Å². The molecule has 0 saturated carbocycles. The molecule has 0 fully saturated rings. The Labute approximate surface area is 172 Å². The molecule has 6 nitrogen and oxygen atoms in total. The van der Waals surface area contributed by atoms with Gasteiger partial charge in [-0.05, 0) is 49.6 Å². The summed E-state index contributed by atoms with van der Waals surface area (Å²) in [4.78, 5) is 27.1. The van der Waals surface area contributed by atoms with Crippen molar-refractivity contribution in [3.8, 4) is 11.5 Å². The van der Waals surface area contributed by atoms with E-state index in [1.54, 1.807) is 36.3 Å².